The summed E-state index contributed by atoms with van der Waals surface area (Å²) in [5.41, 5.74) is 1.60. The average molecular weight is 268 g/mol. The third kappa shape index (κ3) is 2.18. The van der Waals surface area contributed by atoms with Gasteiger partial charge in [0.15, 0.2) is 0 Å². The molecule has 1 aromatic carbocycles. The molecule has 0 spiro atoms. The Morgan fingerprint density at radius 1 is 1.20 bits per heavy atom. The van der Waals surface area contributed by atoms with Gasteiger partial charge in [-0.3, -0.25) is 14.5 Å². The molecule has 0 saturated heterocycles. The lowest BCUT2D eigenvalue weighted by Gasteiger charge is -2.09. The Labute approximate surface area is 114 Å². The summed E-state index contributed by atoms with van der Waals surface area (Å²) in [4.78, 5) is 14.8. The van der Waals surface area contributed by atoms with Crippen LogP contribution >= 0.6 is 0 Å². The second-order valence-corrected chi connectivity index (χ2v) is 4.31. The molecule has 6 nitrogen and oxygen atoms in total. The number of pyridine rings is 1. The predicted molar refractivity (Wildman–Crippen MR) is 75.6 cm³/mol. The van der Waals surface area contributed by atoms with Gasteiger partial charge in [0, 0.05) is 30.6 Å². The first-order valence-corrected chi connectivity index (χ1v) is 6.14. The highest BCUT2D eigenvalue weighted by atomic mass is 16.6. The lowest BCUT2D eigenvalue weighted by atomic mass is 10.2. The van der Waals surface area contributed by atoms with Gasteiger partial charge >= 0.3 is 0 Å². The maximum atomic E-state index is 11.0. The van der Waals surface area contributed by atoms with Crippen LogP contribution in [0.15, 0.2) is 54.9 Å². The summed E-state index contributed by atoms with van der Waals surface area (Å²) in [5, 5.41) is 14.2. The van der Waals surface area contributed by atoms with E-state index in [2.05, 4.69) is 10.3 Å². The minimum Gasteiger partial charge on any atom is -0.367 e. The highest BCUT2D eigenvalue weighted by Gasteiger charge is 2.12. The molecular weight excluding hydrogens is 256 g/mol. The fraction of sp³-hybridized carbons (Fsp3) is 0.0714. The highest BCUT2D eigenvalue weighted by Crippen LogP contribution is 2.19. The normalized spacial score (nSPS) is 10.6. The second-order valence-electron chi connectivity index (χ2n) is 4.31. The third-order valence-electron chi connectivity index (χ3n) is 3.08. The fourth-order valence-corrected chi connectivity index (χ4v) is 2.12. The lowest BCUT2D eigenvalue weighted by molar-refractivity contribution is -0.385. The number of nitro benzene ring substituents is 1. The lowest BCUT2D eigenvalue weighted by Crippen LogP contribution is -2.05. The van der Waals surface area contributed by atoms with Crippen molar-refractivity contribution >= 4 is 17.2 Å². The minimum atomic E-state index is -0.366. The van der Waals surface area contributed by atoms with Gasteiger partial charge in [0.05, 0.1) is 4.92 Å². The number of hydrogen-bond acceptors (Lipinski definition) is 4. The number of nitrogens with one attached hydrogen (secondary N) is 1. The summed E-state index contributed by atoms with van der Waals surface area (Å²) in [7, 11) is 0. The maximum Gasteiger partial charge on any atom is 0.274 e. The van der Waals surface area contributed by atoms with Crippen LogP contribution in [0.2, 0.25) is 0 Å². The average Bonchev–Trinajstić information content (AvgIpc) is 2.94. The number of nitro groups is 1. The van der Waals surface area contributed by atoms with Gasteiger partial charge in [-0.15, -0.1) is 0 Å². The molecule has 2 aromatic heterocycles. The number of rotatable bonds is 4. The van der Waals surface area contributed by atoms with Crippen molar-refractivity contribution in [3.8, 4) is 0 Å². The van der Waals surface area contributed by atoms with Gasteiger partial charge in [-0.2, -0.15) is 0 Å². The standard InChI is InChI=1S/C14H12N4O2/c19-18(20)12-5-2-1-4-11(12)10-16-14-7-3-6-13-15-8-9-17(13)14/h1-9,16H,10H2. The molecule has 6 heteroatoms. The molecular formula is C14H12N4O2. The first-order valence-electron chi connectivity index (χ1n) is 6.14. The molecule has 3 rings (SSSR count). The topological polar surface area (TPSA) is 72.5 Å². The number of anilines is 1. The molecule has 0 aliphatic heterocycles. The second kappa shape index (κ2) is 5.00. The molecule has 20 heavy (non-hydrogen) atoms. The number of nitrogens with zero attached hydrogens (tertiary/aromatic N) is 3. The van der Waals surface area contributed by atoms with E-state index in [1.165, 1.54) is 6.07 Å². The Kier molecular flexibility index (Phi) is 3.04. The van der Waals surface area contributed by atoms with E-state index in [1.807, 2.05) is 28.8 Å². The van der Waals surface area contributed by atoms with Gasteiger partial charge in [0.2, 0.25) is 0 Å². The molecule has 0 aliphatic carbocycles. The summed E-state index contributed by atoms with van der Waals surface area (Å²) >= 11 is 0. The Bertz CT molecular complexity index is 766. The van der Waals surface area contributed by atoms with E-state index in [9.17, 15) is 10.1 Å². The number of hydrogen-bond donors (Lipinski definition) is 1. The molecule has 0 saturated carbocycles. The third-order valence-corrected chi connectivity index (χ3v) is 3.08. The van der Waals surface area contributed by atoms with Crippen LogP contribution in [0.4, 0.5) is 11.5 Å². The van der Waals surface area contributed by atoms with Gasteiger partial charge in [0.1, 0.15) is 11.5 Å². The maximum absolute atomic E-state index is 11.0. The Morgan fingerprint density at radius 2 is 2.05 bits per heavy atom. The largest absolute Gasteiger partial charge is 0.367 e. The monoisotopic (exact) mass is 268 g/mol. The number of imidazole rings is 1. The van der Waals surface area contributed by atoms with Crippen molar-refractivity contribution in [2.45, 2.75) is 6.54 Å². The Hall–Kier alpha value is -2.89. The minimum absolute atomic E-state index is 0.123. The van der Waals surface area contributed by atoms with Crippen LogP contribution in [-0.2, 0) is 6.54 Å². The van der Waals surface area contributed by atoms with Crippen LogP contribution in [-0.4, -0.2) is 14.3 Å². The highest BCUT2D eigenvalue weighted by molar-refractivity contribution is 5.51. The molecule has 1 N–H and O–H groups in total. The van der Waals surface area contributed by atoms with E-state index in [-0.39, 0.29) is 10.6 Å². The van der Waals surface area contributed by atoms with E-state index >= 15 is 0 Å². The number of para-hydroxylation sites is 1. The first-order chi connectivity index (χ1) is 9.75. The molecule has 0 bridgehead atoms. The van der Waals surface area contributed by atoms with Crippen molar-refractivity contribution < 1.29 is 4.92 Å². The number of fused-ring (bicyclic) bond motifs is 1. The van der Waals surface area contributed by atoms with Crippen molar-refractivity contribution in [2.75, 3.05) is 5.32 Å². The zero-order valence-corrected chi connectivity index (χ0v) is 10.6. The Morgan fingerprint density at radius 3 is 2.90 bits per heavy atom. The Balaban J connectivity index is 1.87. The fourth-order valence-electron chi connectivity index (χ4n) is 2.12. The zero-order valence-electron chi connectivity index (χ0n) is 10.6. The van der Waals surface area contributed by atoms with E-state index in [0.29, 0.717) is 12.1 Å². The van der Waals surface area contributed by atoms with Crippen LogP contribution < -0.4 is 5.32 Å². The first kappa shape index (κ1) is 12.2. The molecule has 0 aliphatic rings. The van der Waals surface area contributed by atoms with E-state index < -0.39 is 0 Å². The van der Waals surface area contributed by atoms with E-state index in [4.69, 9.17) is 0 Å². The smallest absolute Gasteiger partial charge is 0.274 e. The van der Waals surface area contributed by atoms with E-state index in [1.54, 1.807) is 24.4 Å². The molecule has 0 atom stereocenters. The van der Waals surface area contributed by atoms with Crippen molar-refractivity contribution in [1.29, 1.82) is 0 Å². The molecule has 0 unspecified atom stereocenters. The van der Waals surface area contributed by atoms with Crippen LogP contribution in [0.1, 0.15) is 5.56 Å². The van der Waals surface area contributed by atoms with Crippen molar-refractivity contribution in [1.82, 2.24) is 9.38 Å². The van der Waals surface area contributed by atoms with E-state index in [0.717, 1.165) is 11.5 Å². The summed E-state index contributed by atoms with van der Waals surface area (Å²) in [6.07, 6.45) is 3.56. The molecule has 0 fully saturated rings. The predicted octanol–water partition coefficient (Wildman–Crippen LogP) is 2.85. The van der Waals surface area contributed by atoms with Gasteiger partial charge in [-0.25, -0.2) is 4.98 Å². The quantitative estimate of drug-likeness (QED) is 0.583. The van der Waals surface area contributed by atoms with Crippen LogP contribution in [0, 0.1) is 10.1 Å². The van der Waals surface area contributed by atoms with Crippen molar-refractivity contribution in [3.05, 3.63) is 70.5 Å². The number of benzene rings is 1. The zero-order chi connectivity index (χ0) is 13.9. The van der Waals surface area contributed by atoms with Crippen LogP contribution in [0.3, 0.4) is 0 Å². The summed E-state index contributed by atoms with van der Waals surface area (Å²) < 4.78 is 1.90. The number of aromatic nitrogens is 2. The molecule has 0 radical (unpaired) electrons. The summed E-state index contributed by atoms with van der Waals surface area (Å²) in [6.45, 7) is 0.383. The van der Waals surface area contributed by atoms with Crippen LogP contribution in [0.25, 0.3) is 5.65 Å². The SMILES string of the molecule is O=[N+]([O-])c1ccccc1CNc1cccc2nccn12. The van der Waals surface area contributed by atoms with Crippen molar-refractivity contribution in [3.63, 3.8) is 0 Å². The molecule has 0 amide bonds. The van der Waals surface area contributed by atoms with Crippen LogP contribution in [0.5, 0.6) is 0 Å². The molecule has 100 valence electrons. The molecule has 2 heterocycles. The summed E-state index contributed by atoms with van der Waals surface area (Å²) in [5.74, 6) is 0.846. The van der Waals surface area contributed by atoms with Gasteiger partial charge in [0.25, 0.3) is 5.69 Å². The molecule has 3 aromatic rings. The van der Waals surface area contributed by atoms with Gasteiger partial charge in [-0.1, -0.05) is 24.3 Å². The van der Waals surface area contributed by atoms with Gasteiger partial charge < -0.3 is 5.32 Å². The van der Waals surface area contributed by atoms with Crippen molar-refractivity contribution in [2.24, 2.45) is 0 Å². The van der Waals surface area contributed by atoms with Gasteiger partial charge in [-0.05, 0) is 12.1 Å². The summed E-state index contributed by atoms with van der Waals surface area (Å²) in [6, 6.07) is 12.4.